The first-order valence-corrected chi connectivity index (χ1v) is 5.49. The van der Waals surface area contributed by atoms with E-state index in [1.807, 2.05) is 0 Å². The second kappa shape index (κ2) is 7.14. The Hall–Kier alpha value is -0.300. The van der Waals surface area contributed by atoms with Crippen molar-refractivity contribution in [2.24, 2.45) is 5.92 Å². The van der Waals surface area contributed by atoms with Crippen LogP contribution in [0.5, 0.6) is 0 Å². The van der Waals surface area contributed by atoms with Crippen molar-refractivity contribution in [3.63, 3.8) is 0 Å². The highest BCUT2D eigenvalue weighted by molar-refractivity contribution is 4.94. The molecular weight excluding hydrogens is 158 g/mol. The summed E-state index contributed by atoms with van der Waals surface area (Å²) in [4.78, 5) is 0. The summed E-state index contributed by atoms with van der Waals surface area (Å²) in [5.41, 5.74) is 1.29. The molecule has 0 rings (SSSR count). The summed E-state index contributed by atoms with van der Waals surface area (Å²) in [7, 11) is 0. The molecule has 78 valence electrons. The fourth-order valence-corrected chi connectivity index (χ4v) is 1.77. The summed E-state index contributed by atoms with van der Waals surface area (Å²) in [6.45, 7) is 13.9. The first-order chi connectivity index (χ1) is 6.11. The molecule has 0 aliphatic heterocycles. The van der Waals surface area contributed by atoms with E-state index in [4.69, 9.17) is 0 Å². The lowest BCUT2D eigenvalue weighted by atomic mass is 9.92. The molecule has 0 aromatic rings. The third-order valence-electron chi connectivity index (χ3n) is 2.47. The molecule has 0 bridgehead atoms. The highest BCUT2D eigenvalue weighted by atomic mass is 14.9. The number of nitrogens with one attached hydrogen (secondary N) is 1. The molecule has 1 N–H and O–H groups in total. The molecule has 0 aliphatic carbocycles. The SMILES string of the molecule is C=C(C)CC(NCC)C(C)CCC. The predicted octanol–water partition coefficient (Wildman–Crippen LogP) is 3.37. The Morgan fingerprint density at radius 2 is 2.00 bits per heavy atom. The van der Waals surface area contributed by atoms with Crippen molar-refractivity contribution >= 4 is 0 Å². The number of hydrogen-bond donors (Lipinski definition) is 1. The Labute approximate surface area is 83.6 Å². The summed E-state index contributed by atoms with van der Waals surface area (Å²) in [6.07, 6.45) is 3.71. The van der Waals surface area contributed by atoms with E-state index in [1.54, 1.807) is 0 Å². The van der Waals surface area contributed by atoms with Crippen molar-refractivity contribution in [3.05, 3.63) is 12.2 Å². The van der Waals surface area contributed by atoms with Crippen LogP contribution in [-0.2, 0) is 0 Å². The Morgan fingerprint density at radius 1 is 1.38 bits per heavy atom. The first-order valence-electron chi connectivity index (χ1n) is 5.49. The number of hydrogen-bond acceptors (Lipinski definition) is 1. The van der Waals surface area contributed by atoms with Gasteiger partial charge in [-0.05, 0) is 32.2 Å². The topological polar surface area (TPSA) is 12.0 Å². The van der Waals surface area contributed by atoms with Gasteiger partial charge >= 0.3 is 0 Å². The standard InChI is InChI=1S/C12H25N/c1-6-8-11(5)12(13-7-2)9-10(3)4/h11-13H,3,6-9H2,1-2,4-5H3. The fourth-order valence-electron chi connectivity index (χ4n) is 1.77. The lowest BCUT2D eigenvalue weighted by Crippen LogP contribution is -2.35. The van der Waals surface area contributed by atoms with Gasteiger partial charge in [0.2, 0.25) is 0 Å². The minimum atomic E-state index is 0.627. The normalized spacial score (nSPS) is 15.4. The molecule has 0 saturated heterocycles. The molecule has 0 aliphatic rings. The lowest BCUT2D eigenvalue weighted by Gasteiger charge is -2.24. The molecule has 1 heteroatoms. The third kappa shape index (κ3) is 5.87. The summed E-state index contributed by atoms with van der Waals surface area (Å²) in [6, 6.07) is 0.627. The zero-order valence-corrected chi connectivity index (χ0v) is 9.69. The van der Waals surface area contributed by atoms with Crippen LogP contribution >= 0.6 is 0 Å². The molecule has 0 spiro atoms. The van der Waals surface area contributed by atoms with Gasteiger partial charge in [0.25, 0.3) is 0 Å². The smallest absolute Gasteiger partial charge is 0.0129 e. The van der Waals surface area contributed by atoms with E-state index in [1.165, 1.54) is 18.4 Å². The van der Waals surface area contributed by atoms with Gasteiger partial charge in [-0.3, -0.25) is 0 Å². The Morgan fingerprint density at radius 3 is 2.38 bits per heavy atom. The van der Waals surface area contributed by atoms with Crippen LogP contribution in [0, 0.1) is 5.92 Å². The molecule has 1 nitrogen and oxygen atoms in total. The van der Waals surface area contributed by atoms with Crippen LogP contribution in [0.2, 0.25) is 0 Å². The second-order valence-corrected chi connectivity index (χ2v) is 4.09. The molecule has 0 radical (unpaired) electrons. The van der Waals surface area contributed by atoms with Gasteiger partial charge in [0.15, 0.2) is 0 Å². The summed E-state index contributed by atoms with van der Waals surface area (Å²) >= 11 is 0. The Bertz CT molecular complexity index is 140. The van der Waals surface area contributed by atoms with E-state index in [0.717, 1.165) is 18.9 Å². The van der Waals surface area contributed by atoms with Gasteiger partial charge in [-0.25, -0.2) is 0 Å². The quantitative estimate of drug-likeness (QED) is 0.597. The largest absolute Gasteiger partial charge is 0.314 e. The molecule has 0 fully saturated rings. The zero-order valence-electron chi connectivity index (χ0n) is 9.69. The van der Waals surface area contributed by atoms with E-state index in [2.05, 4.69) is 39.6 Å². The Kier molecular flexibility index (Phi) is 6.97. The molecule has 0 saturated carbocycles. The minimum Gasteiger partial charge on any atom is -0.314 e. The minimum absolute atomic E-state index is 0.627. The van der Waals surface area contributed by atoms with Gasteiger partial charge < -0.3 is 5.32 Å². The van der Waals surface area contributed by atoms with Crippen LogP contribution < -0.4 is 5.32 Å². The van der Waals surface area contributed by atoms with Gasteiger partial charge in [-0.2, -0.15) is 0 Å². The van der Waals surface area contributed by atoms with Crippen molar-refractivity contribution < 1.29 is 0 Å². The van der Waals surface area contributed by atoms with E-state index in [9.17, 15) is 0 Å². The average Bonchev–Trinajstić information content (AvgIpc) is 2.03. The Balaban J connectivity index is 3.97. The summed E-state index contributed by atoms with van der Waals surface area (Å²) < 4.78 is 0. The summed E-state index contributed by atoms with van der Waals surface area (Å²) in [5, 5.41) is 3.54. The predicted molar refractivity (Wildman–Crippen MR) is 61.0 cm³/mol. The van der Waals surface area contributed by atoms with Crippen molar-refractivity contribution in [2.75, 3.05) is 6.54 Å². The van der Waals surface area contributed by atoms with E-state index in [-0.39, 0.29) is 0 Å². The highest BCUT2D eigenvalue weighted by Gasteiger charge is 2.14. The van der Waals surface area contributed by atoms with Crippen LogP contribution in [0.1, 0.15) is 47.0 Å². The maximum atomic E-state index is 3.98. The van der Waals surface area contributed by atoms with Crippen LogP contribution in [0.4, 0.5) is 0 Å². The average molecular weight is 183 g/mol. The molecule has 13 heavy (non-hydrogen) atoms. The van der Waals surface area contributed by atoms with Crippen molar-refractivity contribution in [1.82, 2.24) is 5.32 Å². The van der Waals surface area contributed by atoms with Crippen molar-refractivity contribution in [1.29, 1.82) is 0 Å². The molecular formula is C12H25N. The third-order valence-corrected chi connectivity index (χ3v) is 2.47. The first kappa shape index (κ1) is 12.7. The highest BCUT2D eigenvalue weighted by Crippen LogP contribution is 2.16. The lowest BCUT2D eigenvalue weighted by molar-refractivity contribution is 0.357. The number of rotatable bonds is 7. The van der Waals surface area contributed by atoms with Gasteiger partial charge in [-0.15, -0.1) is 6.58 Å². The van der Waals surface area contributed by atoms with Gasteiger partial charge in [-0.1, -0.05) is 32.8 Å². The molecule has 0 amide bonds. The van der Waals surface area contributed by atoms with Gasteiger partial charge in [0, 0.05) is 6.04 Å². The zero-order chi connectivity index (χ0) is 10.3. The molecule has 0 aromatic heterocycles. The van der Waals surface area contributed by atoms with Crippen LogP contribution in [0.15, 0.2) is 12.2 Å². The monoisotopic (exact) mass is 183 g/mol. The van der Waals surface area contributed by atoms with Crippen molar-refractivity contribution in [2.45, 2.75) is 53.0 Å². The van der Waals surface area contributed by atoms with E-state index < -0.39 is 0 Å². The fraction of sp³-hybridized carbons (Fsp3) is 0.833. The van der Waals surface area contributed by atoms with E-state index in [0.29, 0.717) is 6.04 Å². The van der Waals surface area contributed by atoms with Crippen molar-refractivity contribution in [3.8, 4) is 0 Å². The van der Waals surface area contributed by atoms with E-state index >= 15 is 0 Å². The van der Waals surface area contributed by atoms with Gasteiger partial charge in [0.1, 0.15) is 0 Å². The van der Waals surface area contributed by atoms with Crippen LogP contribution in [0.25, 0.3) is 0 Å². The molecule has 0 heterocycles. The van der Waals surface area contributed by atoms with Crippen LogP contribution in [0.3, 0.4) is 0 Å². The van der Waals surface area contributed by atoms with Gasteiger partial charge in [0.05, 0.1) is 0 Å². The van der Waals surface area contributed by atoms with Crippen LogP contribution in [-0.4, -0.2) is 12.6 Å². The maximum absolute atomic E-state index is 3.98. The summed E-state index contributed by atoms with van der Waals surface area (Å²) in [5.74, 6) is 0.765. The molecule has 0 aromatic carbocycles. The molecule has 2 atom stereocenters. The maximum Gasteiger partial charge on any atom is 0.0129 e. The second-order valence-electron chi connectivity index (χ2n) is 4.09. The molecule has 2 unspecified atom stereocenters.